The van der Waals surface area contributed by atoms with Crippen LogP contribution in [0.1, 0.15) is 37.8 Å². The summed E-state index contributed by atoms with van der Waals surface area (Å²) in [5, 5.41) is 5.70. The standard InChI is InChI=1S/C25H35N3O3/c1-3-28(4-2)18-12-11-17-26-24(29)23(19-21-13-7-5-8-14-21)27-25(30)31-20-22-15-9-6-10-16-22/h5-10,13-16,23H,3-4,11-12,17-20H2,1-2H3,(H,26,29)(H,27,30)/t23-/m0/s1. The van der Waals surface area contributed by atoms with Gasteiger partial charge in [-0.25, -0.2) is 4.79 Å². The van der Waals surface area contributed by atoms with Crippen molar-refractivity contribution < 1.29 is 14.3 Å². The van der Waals surface area contributed by atoms with Crippen molar-refractivity contribution in [3.05, 3.63) is 71.8 Å². The molecule has 0 bridgehead atoms. The molecular weight excluding hydrogens is 390 g/mol. The van der Waals surface area contributed by atoms with Crippen molar-refractivity contribution in [2.75, 3.05) is 26.2 Å². The van der Waals surface area contributed by atoms with E-state index in [4.69, 9.17) is 4.74 Å². The minimum absolute atomic E-state index is 0.164. The highest BCUT2D eigenvalue weighted by molar-refractivity contribution is 5.85. The van der Waals surface area contributed by atoms with Crippen LogP contribution in [-0.4, -0.2) is 49.1 Å². The minimum Gasteiger partial charge on any atom is -0.445 e. The molecule has 0 radical (unpaired) electrons. The summed E-state index contributed by atoms with van der Waals surface area (Å²) in [4.78, 5) is 27.5. The summed E-state index contributed by atoms with van der Waals surface area (Å²) in [5.74, 6) is -0.191. The van der Waals surface area contributed by atoms with Crippen molar-refractivity contribution in [3.63, 3.8) is 0 Å². The van der Waals surface area contributed by atoms with Gasteiger partial charge in [-0.15, -0.1) is 0 Å². The number of rotatable bonds is 13. The van der Waals surface area contributed by atoms with E-state index in [1.54, 1.807) is 0 Å². The van der Waals surface area contributed by atoms with E-state index < -0.39 is 12.1 Å². The van der Waals surface area contributed by atoms with E-state index in [1.165, 1.54) is 0 Å². The third-order valence-corrected chi connectivity index (χ3v) is 5.20. The Kier molecular flexibility index (Phi) is 11.2. The Bertz CT molecular complexity index is 764. The van der Waals surface area contributed by atoms with E-state index in [1.807, 2.05) is 60.7 Å². The first kappa shape index (κ1) is 24.4. The lowest BCUT2D eigenvalue weighted by Gasteiger charge is -2.20. The molecule has 2 aromatic carbocycles. The van der Waals surface area contributed by atoms with Crippen molar-refractivity contribution in [2.45, 2.75) is 45.8 Å². The van der Waals surface area contributed by atoms with E-state index in [2.05, 4.69) is 29.4 Å². The van der Waals surface area contributed by atoms with Crippen molar-refractivity contribution >= 4 is 12.0 Å². The fourth-order valence-electron chi connectivity index (χ4n) is 3.30. The summed E-state index contributed by atoms with van der Waals surface area (Å²) >= 11 is 0. The largest absolute Gasteiger partial charge is 0.445 e. The summed E-state index contributed by atoms with van der Waals surface area (Å²) < 4.78 is 5.30. The van der Waals surface area contributed by atoms with E-state index in [-0.39, 0.29) is 12.5 Å². The average Bonchev–Trinajstić information content (AvgIpc) is 2.81. The van der Waals surface area contributed by atoms with Crippen LogP contribution in [0, 0.1) is 0 Å². The topological polar surface area (TPSA) is 70.7 Å². The Hall–Kier alpha value is -2.86. The van der Waals surface area contributed by atoms with Gasteiger partial charge in [0, 0.05) is 13.0 Å². The lowest BCUT2D eigenvalue weighted by molar-refractivity contribution is -0.123. The fraction of sp³-hybridized carbons (Fsp3) is 0.440. The Morgan fingerprint density at radius 1 is 0.903 bits per heavy atom. The third kappa shape index (κ3) is 9.66. The Balaban J connectivity index is 1.85. The van der Waals surface area contributed by atoms with Gasteiger partial charge in [-0.2, -0.15) is 0 Å². The van der Waals surface area contributed by atoms with Gasteiger partial charge in [-0.3, -0.25) is 4.79 Å². The summed E-state index contributed by atoms with van der Waals surface area (Å²) in [6, 6.07) is 18.4. The van der Waals surface area contributed by atoms with E-state index in [0.29, 0.717) is 13.0 Å². The number of amides is 2. The summed E-state index contributed by atoms with van der Waals surface area (Å²) in [6.45, 7) is 8.17. The quantitative estimate of drug-likeness (QED) is 0.480. The number of nitrogens with zero attached hydrogens (tertiary/aromatic N) is 1. The average molecular weight is 426 g/mol. The molecule has 2 amide bonds. The number of unbranched alkanes of at least 4 members (excludes halogenated alkanes) is 1. The monoisotopic (exact) mass is 425 g/mol. The molecule has 2 aromatic rings. The summed E-state index contributed by atoms with van der Waals surface area (Å²) in [5.41, 5.74) is 1.88. The number of alkyl carbamates (subject to hydrolysis) is 1. The SMILES string of the molecule is CCN(CC)CCCCNC(=O)[C@H](Cc1ccccc1)NC(=O)OCc1ccccc1. The van der Waals surface area contributed by atoms with Gasteiger partial charge in [0.05, 0.1) is 0 Å². The molecule has 0 saturated heterocycles. The molecular formula is C25H35N3O3. The number of hydrogen-bond donors (Lipinski definition) is 2. The van der Waals surface area contributed by atoms with Gasteiger partial charge in [-0.05, 0) is 43.6 Å². The smallest absolute Gasteiger partial charge is 0.408 e. The third-order valence-electron chi connectivity index (χ3n) is 5.20. The van der Waals surface area contributed by atoms with Crippen LogP contribution in [0.15, 0.2) is 60.7 Å². The molecule has 1 atom stereocenters. The molecule has 31 heavy (non-hydrogen) atoms. The van der Waals surface area contributed by atoms with Gasteiger partial charge in [0.1, 0.15) is 12.6 Å². The van der Waals surface area contributed by atoms with Crippen molar-refractivity contribution in [1.29, 1.82) is 0 Å². The Morgan fingerprint density at radius 2 is 1.52 bits per heavy atom. The highest BCUT2D eigenvalue weighted by Crippen LogP contribution is 2.06. The van der Waals surface area contributed by atoms with Gasteiger partial charge in [0.15, 0.2) is 0 Å². The van der Waals surface area contributed by atoms with E-state index in [0.717, 1.165) is 43.6 Å². The van der Waals surface area contributed by atoms with Crippen LogP contribution >= 0.6 is 0 Å². The lowest BCUT2D eigenvalue weighted by atomic mass is 10.1. The zero-order valence-electron chi connectivity index (χ0n) is 18.7. The summed E-state index contributed by atoms with van der Waals surface area (Å²) in [6.07, 6.45) is 1.74. The number of carbonyl (C=O) groups is 2. The van der Waals surface area contributed by atoms with E-state index >= 15 is 0 Å². The van der Waals surface area contributed by atoms with Gasteiger partial charge in [-0.1, -0.05) is 74.5 Å². The molecule has 6 heteroatoms. The molecule has 0 heterocycles. The van der Waals surface area contributed by atoms with Gasteiger partial charge < -0.3 is 20.3 Å². The molecule has 0 saturated carbocycles. The van der Waals surface area contributed by atoms with Crippen LogP contribution in [0.4, 0.5) is 4.79 Å². The van der Waals surface area contributed by atoms with Gasteiger partial charge in [0.2, 0.25) is 5.91 Å². The lowest BCUT2D eigenvalue weighted by Crippen LogP contribution is -2.48. The first-order valence-corrected chi connectivity index (χ1v) is 11.1. The van der Waals surface area contributed by atoms with Crippen LogP contribution in [0.25, 0.3) is 0 Å². The van der Waals surface area contributed by atoms with Crippen LogP contribution in [-0.2, 0) is 22.6 Å². The summed E-state index contributed by atoms with van der Waals surface area (Å²) in [7, 11) is 0. The number of carbonyl (C=O) groups excluding carboxylic acids is 2. The highest BCUT2D eigenvalue weighted by atomic mass is 16.5. The predicted molar refractivity (Wildman–Crippen MR) is 124 cm³/mol. The Morgan fingerprint density at radius 3 is 2.13 bits per heavy atom. The normalized spacial score (nSPS) is 11.7. The molecule has 168 valence electrons. The molecule has 0 spiro atoms. The fourth-order valence-corrected chi connectivity index (χ4v) is 3.30. The maximum atomic E-state index is 12.8. The highest BCUT2D eigenvalue weighted by Gasteiger charge is 2.21. The zero-order chi connectivity index (χ0) is 22.3. The minimum atomic E-state index is -0.687. The van der Waals surface area contributed by atoms with E-state index in [9.17, 15) is 9.59 Å². The van der Waals surface area contributed by atoms with Crippen LogP contribution in [0.5, 0.6) is 0 Å². The van der Waals surface area contributed by atoms with Crippen LogP contribution < -0.4 is 10.6 Å². The van der Waals surface area contributed by atoms with Crippen LogP contribution in [0.2, 0.25) is 0 Å². The Labute approximate surface area is 186 Å². The van der Waals surface area contributed by atoms with Gasteiger partial charge >= 0.3 is 6.09 Å². The maximum Gasteiger partial charge on any atom is 0.408 e. The number of hydrogen-bond acceptors (Lipinski definition) is 4. The molecule has 0 aliphatic rings. The molecule has 2 N–H and O–H groups in total. The van der Waals surface area contributed by atoms with Crippen LogP contribution in [0.3, 0.4) is 0 Å². The van der Waals surface area contributed by atoms with Crippen molar-refractivity contribution in [1.82, 2.24) is 15.5 Å². The second-order valence-electron chi connectivity index (χ2n) is 7.47. The predicted octanol–water partition coefficient (Wildman–Crippen LogP) is 3.76. The first-order chi connectivity index (χ1) is 15.1. The van der Waals surface area contributed by atoms with Crippen molar-refractivity contribution in [3.8, 4) is 0 Å². The molecule has 0 aliphatic heterocycles. The molecule has 0 aliphatic carbocycles. The molecule has 0 unspecified atom stereocenters. The second-order valence-corrected chi connectivity index (χ2v) is 7.47. The number of nitrogens with one attached hydrogen (secondary N) is 2. The zero-order valence-corrected chi connectivity index (χ0v) is 18.7. The number of benzene rings is 2. The molecule has 2 rings (SSSR count). The van der Waals surface area contributed by atoms with Gasteiger partial charge in [0.25, 0.3) is 0 Å². The molecule has 6 nitrogen and oxygen atoms in total. The second kappa shape index (κ2) is 14.2. The maximum absolute atomic E-state index is 12.8. The molecule has 0 fully saturated rings. The first-order valence-electron chi connectivity index (χ1n) is 11.1. The molecule has 0 aromatic heterocycles. The number of ether oxygens (including phenoxy) is 1. The van der Waals surface area contributed by atoms with Crippen molar-refractivity contribution in [2.24, 2.45) is 0 Å².